The molecular formula is C4H10AlClO+2. The molecule has 0 spiro atoms. The fourth-order valence-electron chi connectivity index (χ4n) is 0. The summed E-state index contributed by atoms with van der Waals surface area (Å²) in [4.78, 5) is 0. The molecule has 0 aromatic heterocycles. The van der Waals surface area contributed by atoms with Crippen molar-refractivity contribution in [3.63, 3.8) is 0 Å². The van der Waals surface area contributed by atoms with E-state index in [1.807, 2.05) is 6.92 Å². The molecule has 0 aromatic rings. The first kappa shape index (κ1) is 10.7. The van der Waals surface area contributed by atoms with E-state index in [4.69, 9.17) is 0 Å². The first-order valence-corrected chi connectivity index (χ1v) is 3.39. The molecule has 0 aromatic carbocycles. The zero-order valence-corrected chi connectivity index (χ0v) is 6.69. The van der Waals surface area contributed by atoms with E-state index in [-0.39, 0.29) is 0 Å². The summed E-state index contributed by atoms with van der Waals surface area (Å²) in [5.74, 6) is 0. The van der Waals surface area contributed by atoms with E-state index in [0.29, 0.717) is 6.61 Å². The van der Waals surface area contributed by atoms with Crippen molar-refractivity contribution in [2.45, 2.75) is 19.1 Å². The second kappa shape index (κ2) is 15.9. The zero-order chi connectivity index (χ0) is 6.12. The molecule has 0 amide bonds. The van der Waals surface area contributed by atoms with Crippen LogP contribution in [0.1, 0.15) is 13.8 Å². The summed E-state index contributed by atoms with van der Waals surface area (Å²) < 4.78 is 4.01. The first-order valence-electron chi connectivity index (χ1n) is 2.27. The third kappa shape index (κ3) is 48.8. The third-order valence-electron chi connectivity index (χ3n) is 0.109. The topological polar surface area (TPSA) is 9.23 Å². The Kier molecular flexibility index (Phi) is 24.2. The summed E-state index contributed by atoms with van der Waals surface area (Å²) in [5.41, 5.74) is 0. The predicted octanol–water partition coefficient (Wildman–Crippen LogP) is 1.77. The van der Waals surface area contributed by atoms with E-state index in [9.17, 15) is 0 Å². The summed E-state index contributed by atoms with van der Waals surface area (Å²) in [6.07, 6.45) is 0. The molecule has 0 saturated carbocycles. The van der Waals surface area contributed by atoms with E-state index in [1.165, 1.54) is 5.28 Å². The monoisotopic (exact) mass is 136 g/mol. The average molecular weight is 137 g/mol. The van der Waals surface area contributed by atoms with Gasteiger partial charge in [0.1, 0.15) is 0 Å². The van der Waals surface area contributed by atoms with Gasteiger partial charge in [0, 0.05) is 0 Å². The maximum absolute atomic E-state index is 4.69. The van der Waals surface area contributed by atoms with E-state index >= 15 is 0 Å². The van der Waals surface area contributed by atoms with Crippen LogP contribution in [-0.4, -0.2) is 22.9 Å². The minimum absolute atomic E-state index is 0.585. The van der Waals surface area contributed by atoms with Crippen LogP contribution in [0.3, 0.4) is 0 Å². The van der Waals surface area contributed by atoms with Gasteiger partial charge in [0.25, 0.3) is 0 Å². The summed E-state index contributed by atoms with van der Waals surface area (Å²) in [7, 11) is 0. The molecule has 0 unspecified atom stereocenters. The van der Waals surface area contributed by atoms with Crippen LogP contribution in [0.2, 0.25) is 5.28 Å². The molecule has 1 nitrogen and oxygen atoms in total. The van der Waals surface area contributed by atoms with Crippen molar-refractivity contribution in [1.29, 1.82) is 0 Å². The third-order valence-corrected chi connectivity index (χ3v) is 0.327. The Labute approximate surface area is 58.6 Å². The van der Waals surface area contributed by atoms with Crippen LogP contribution in [0.25, 0.3) is 0 Å². The van der Waals surface area contributed by atoms with E-state index in [2.05, 4.69) is 39.4 Å². The van der Waals surface area contributed by atoms with Crippen molar-refractivity contribution in [2.75, 3.05) is 6.61 Å². The van der Waals surface area contributed by atoms with Crippen LogP contribution in [0.4, 0.5) is 0 Å². The first-order chi connectivity index (χ1) is 3.33. The molecule has 0 saturated heterocycles. The Hall–Kier alpha value is 0.782. The quantitative estimate of drug-likeness (QED) is 0.500. The van der Waals surface area contributed by atoms with Gasteiger partial charge in [-0.1, -0.05) is 0 Å². The molecule has 0 fully saturated rings. The van der Waals surface area contributed by atoms with Gasteiger partial charge in [0.2, 0.25) is 0 Å². The van der Waals surface area contributed by atoms with Crippen molar-refractivity contribution in [2.24, 2.45) is 0 Å². The van der Waals surface area contributed by atoms with Crippen LogP contribution < -0.4 is 0 Å². The van der Waals surface area contributed by atoms with Crippen molar-refractivity contribution in [1.82, 2.24) is 0 Å². The number of rotatable bonds is 1. The summed E-state index contributed by atoms with van der Waals surface area (Å²) in [6.45, 7) is 4.50. The van der Waals surface area contributed by atoms with Gasteiger partial charge in [-0.15, -0.1) is 0 Å². The van der Waals surface area contributed by atoms with Gasteiger partial charge in [-0.25, -0.2) is 0 Å². The van der Waals surface area contributed by atoms with Crippen molar-refractivity contribution in [3.05, 3.63) is 0 Å². The van der Waals surface area contributed by atoms with Gasteiger partial charge in [-0.05, 0) is 6.92 Å². The van der Waals surface area contributed by atoms with Crippen molar-refractivity contribution >= 4 is 28.2 Å². The van der Waals surface area contributed by atoms with Gasteiger partial charge in [-0.2, -0.15) is 0 Å². The van der Waals surface area contributed by atoms with E-state index in [0.717, 1.165) is 0 Å². The molecule has 3 heteroatoms. The summed E-state index contributed by atoms with van der Waals surface area (Å²) >= 11 is 7.26. The molecule has 0 radical (unpaired) electrons. The Bertz CT molecular complexity index is 19.2. The van der Waals surface area contributed by atoms with Crippen LogP contribution in [0, 0.1) is 0 Å². The fraction of sp³-hybridized carbons (Fsp3) is 1.00. The molecule has 0 rings (SSSR count). The molecule has 0 aliphatic carbocycles. The van der Waals surface area contributed by atoms with Gasteiger partial charge < -0.3 is 0 Å². The molecule has 0 heterocycles. The molecule has 0 N–H and O–H groups in total. The average Bonchev–Trinajstić information content (AvgIpc) is 1.69. The molecule has 40 valence electrons. The summed E-state index contributed by atoms with van der Waals surface area (Å²) in [6, 6.07) is 0. The van der Waals surface area contributed by atoms with Crippen LogP contribution in [-0.2, 0) is 4.29 Å². The Morgan fingerprint density at radius 3 is 1.71 bits per heavy atom. The van der Waals surface area contributed by atoms with E-state index < -0.39 is 0 Å². The fourth-order valence-corrected chi connectivity index (χ4v) is 0. The van der Waals surface area contributed by atoms with Gasteiger partial charge in [-0.3, -0.25) is 4.29 Å². The Morgan fingerprint density at radius 2 is 1.71 bits per heavy atom. The van der Waals surface area contributed by atoms with E-state index in [1.54, 1.807) is 0 Å². The SMILES string of the molecule is CCOCl.C[CH2][Al+2]. The standard InChI is InChI=1S/C2H5ClO.C2H5.Al/c1-2-4-3;1-2;/h2H2,1H3;1H2,2H3;/q;;+2. The number of halogens is 1. The van der Waals surface area contributed by atoms with Crippen molar-refractivity contribution < 1.29 is 4.29 Å². The molecule has 7 heavy (non-hydrogen) atoms. The summed E-state index contributed by atoms with van der Waals surface area (Å²) in [5, 5.41) is 1.17. The van der Waals surface area contributed by atoms with Crippen LogP contribution in [0.5, 0.6) is 0 Å². The molecule has 0 aliphatic heterocycles. The normalized spacial score (nSPS) is 7.00. The van der Waals surface area contributed by atoms with Gasteiger partial charge in [0.15, 0.2) is 0 Å². The zero-order valence-electron chi connectivity index (χ0n) is 4.78. The van der Waals surface area contributed by atoms with Gasteiger partial charge in [0.05, 0.1) is 18.5 Å². The molecule has 0 atom stereocenters. The Morgan fingerprint density at radius 1 is 1.57 bits per heavy atom. The van der Waals surface area contributed by atoms with Crippen LogP contribution in [0.15, 0.2) is 0 Å². The second-order valence-electron chi connectivity index (χ2n) is 0.806. The minimum atomic E-state index is 0.585. The molecule has 0 bridgehead atoms. The van der Waals surface area contributed by atoms with Gasteiger partial charge >= 0.3 is 28.5 Å². The molecule has 0 aliphatic rings. The maximum atomic E-state index is 4.69. The number of hydrogen-bond acceptors (Lipinski definition) is 1. The van der Waals surface area contributed by atoms with Crippen LogP contribution >= 0.6 is 11.9 Å². The number of hydrogen-bond donors (Lipinski definition) is 0. The Balaban J connectivity index is 0. The van der Waals surface area contributed by atoms with Crippen molar-refractivity contribution in [3.8, 4) is 0 Å². The predicted molar refractivity (Wildman–Crippen MR) is 33.7 cm³/mol. The second-order valence-corrected chi connectivity index (χ2v) is 1.84. The molecular weight excluding hydrogens is 126 g/mol.